The molecule has 0 fully saturated rings. The molecule has 0 aliphatic heterocycles. The Kier molecular flexibility index (Phi) is 5.32. The Balaban J connectivity index is 1.81. The van der Waals surface area contributed by atoms with Crippen LogP contribution in [0.4, 0.5) is 8.78 Å². The van der Waals surface area contributed by atoms with E-state index in [0.29, 0.717) is 23.2 Å². The Hall–Kier alpha value is -1.89. The Morgan fingerprint density at radius 2 is 2.00 bits per heavy atom. The number of carbonyl (C=O) groups excluding carboxylic acids is 1. The molecule has 0 aliphatic carbocycles. The van der Waals surface area contributed by atoms with Gasteiger partial charge >= 0.3 is 6.61 Å². The zero-order valence-electron chi connectivity index (χ0n) is 10.8. The van der Waals surface area contributed by atoms with Gasteiger partial charge in [0.2, 0.25) is 0 Å². The van der Waals surface area contributed by atoms with Crippen LogP contribution in [-0.2, 0) is 6.42 Å². The molecular formula is C14H12BrF2NO3. The Morgan fingerprint density at radius 3 is 2.57 bits per heavy atom. The standard InChI is InChI=1S/C14H12BrF2NO3/c15-12-11(6-8-20-12)13(19)18-7-5-9-1-3-10(4-2-9)21-14(16)17/h1-4,6,8,14H,5,7H2,(H,18,19). The Bertz CT molecular complexity index is 599. The summed E-state index contributed by atoms with van der Waals surface area (Å²) in [5.41, 5.74) is 1.33. The molecule has 1 N–H and O–H groups in total. The third-order valence-electron chi connectivity index (χ3n) is 2.71. The molecule has 0 aliphatic rings. The van der Waals surface area contributed by atoms with Gasteiger partial charge in [0.25, 0.3) is 5.91 Å². The van der Waals surface area contributed by atoms with Crippen LogP contribution < -0.4 is 10.1 Å². The summed E-state index contributed by atoms with van der Waals surface area (Å²) in [5, 5.41) is 2.74. The quantitative estimate of drug-likeness (QED) is 0.856. The second kappa shape index (κ2) is 7.21. The summed E-state index contributed by atoms with van der Waals surface area (Å²) >= 11 is 3.13. The summed E-state index contributed by atoms with van der Waals surface area (Å²) < 4.78 is 33.6. The summed E-state index contributed by atoms with van der Waals surface area (Å²) in [5.74, 6) is -0.131. The van der Waals surface area contributed by atoms with Gasteiger partial charge in [-0.05, 0) is 46.1 Å². The fourth-order valence-electron chi connectivity index (χ4n) is 1.71. The largest absolute Gasteiger partial charge is 0.457 e. The minimum atomic E-state index is -2.83. The van der Waals surface area contributed by atoms with E-state index >= 15 is 0 Å². The molecule has 1 aromatic carbocycles. The monoisotopic (exact) mass is 359 g/mol. The van der Waals surface area contributed by atoms with Gasteiger partial charge < -0.3 is 14.5 Å². The highest BCUT2D eigenvalue weighted by atomic mass is 79.9. The van der Waals surface area contributed by atoms with E-state index in [1.54, 1.807) is 18.2 Å². The highest BCUT2D eigenvalue weighted by Gasteiger charge is 2.11. The summed E-state index contributed by atoms with van der Waals surface area (Å²) in [4.78, 5) is 11.8. The van der Waals surface area contributed by atoms with Crippen LogP contribution in [0.1, 0.15) is 15.9 Å². The number of hydrogen-bond donors (Lipinski definition) is 1. The Morgan fingerprint density at radius 1 is 1.29 bits per heavy atom. The van der Waals surface area contributed by atoms with Gasteiger partial charge in [0, 0.05) is 6.54 Å². The summed E-state index contributed by atoms with van der Waals surface area (Å²) in [6, 6.07) is 7.86. The van der Waals surface area contributed by atoms with Crippen molar-refractivity contribution in [3.63, 3.8) is 0 Å². The molecule has 4 nitrogen and oxygen atoms in total. The highest BCUT2D eigenvalue weighted by Crippen LogP contribution is 2.17. The maximum atomic E-state index is 12.0. The van der Waals surface area contributed by atoms with Crippen molar-refractivity contribution in [3.05, 3.63) is 52.4 Å². The minimum absolute atomic E-state index is 0.111. The van der Waals surface area contributed by atoms with E-state index in [4.69, 9.17) is 4.42 Å². The molecule has 0 unspecified atom stereocenters. The average molecular weight is 360 g/mol. The molecule has 0 radical (unpaired) electrons. The number of ether oxygens (including phenoxy) is 1. The third-order valence-corrected chi connectivity index (χ3v) is 3.32. The van der Waals surface area contributed by atoms with Gasteiger partial charge in [-0.2, -0.15) is 8.78 Å². The topological polar surface area (TPSA) is 51.5 Å². The van der Waals surface area contributed by atoms with Crippen molar-refractivity contribution >= 4 is 21.8 Å². The number of amides is 1. The van der Waals surface area contributed by atoms with Gasteiger partial charge in [0.15, 0.2) is 4.67 Å². The van der Waals surface area contributed by atoms with E-state index in [1.165, 1.54) is 18.4 Å². The van der Waals surface area contributed by atoms with Crippen molar-refractivity contribution in [2.45, 2.75) is 13.0 Å². The second-order valence-electron chi connectivity index (χ2n) is 4.14. The summed E-state index contributed by atoms with van der Waals surface area (Å²) in [7, 11) is 0. The zero-order chi connectivity index (χ0) is 15.2. The van der Waals surface area contributed by atoms with Crippen molar-refractivity contribution in [2.75, 3.05) is 6.54 Å². The van der Waals surface area contributed by atoms with Crippen molar-refractivity contribution in [1.29, 1.82) is 0 Å². The summed E-state index contributed by atoms with van der Waals surface area (Å²) in [6.45, 7) is -2.41. The molecule has 1 aromatic heterocycles. The first-order valence-corrected chi connectivity index (χ1v) is 6.90. The zero-order valence-corrected chi connectivity index (χ0v) is 12.4. The lowest BCUT2D eigenvalue weighted by atomic mass is 10.1. The van der Waals surface area contributed by atoms with Crippen molar-refractivity contribution in [1.82, 2.24) is 5.32 Å². The molecule has 0 saturated heterocycles. The van der Waals surface area contributed by atoms with Gasteiger partial charge in [-0.3, -0.25) is 4.79 Å². The maximum absolute atomic E-state index is 12.0. The number of rotatable bonds is 6. The van der Waals surface area contributed by atoms with E-state index in [-0.39, 0.29) is 11.7 Å². The first kappa shape index (κ1) is 15.5. The number of furan rings is 1. The van der Waals surface area contributed by atoms with Crippen LogP contribution in [0.5, 0.6) is 5.75 Å². The number of nitrogens with one attached hydrogen (secondary N) is 1. The molecule has 0 saturated carbocycles. The fourth-order valence-corrected chi connectivity index (χ4v) is 2.13. The van der Waals surface area contributed by atoms with Crippen LogP contribution in [0.25, 0.3) is 0 Å². The van der Waals surface area contributed by atoms with Crippen LogP contribution in [0.3, 0.4) is 0 Å². The molecule has 1 amide bonds. The molecule has 112 valence electrons. The Labute approximate surface area is 128 Å². The van der Waals surface area contributed by atoms with Gasteiger partial charge in [0.1, 0.15) is 5.75 Å². The average Bonchev–Trinajstić information content (AvgIpc) is 2.86. The van der Waals surface area contributed by atoms with Gasteiger partial charge in [-0.1, -0.05) is 12.1 Å². The van der Waals surface area contributed by atoms with E-state index in [0.717, 1.165) is 5.56 Å². The molecule has 0 spiro atoms. The van der Waals surface area contributed by atoms with Gasteiger partial charge in [-0.15, -0.1) is 0 Å². The summed E-state index contributed by atoms with van der Waals surface area (Å²) in [6.07, 6.45) is 2.00. The maximum Gasteiger partial charge on any atom is 0.387 e. The van der Waals surface area contributed by atoms with Crippen molar-refractivity contribution in [3.8, 4) is 5.75 Å². The second-order valence-corrected chi connectivity index (χ2v) is 4.86. The smallest absolute Gasteiger partial charge is 0.387 e. The van der Waals surface area contributed by atoms with Crippen LogP contribution in [0.2, 0.25) is 0 Å². The van der Waals surface area contributed by atoms with Crippen LogP contribution in [0.15, 0.2) is 45.7 Å². The molecule has 7 heteroatoms. The molecule has 2 aromatic rings. The molecule has 1 heterocycles. The molecule has 21 heavy (non-hydrogen) atoms. The third kappa shape index (κ3) is 4.56. The van der Waals surface area contributed by atoms with Crippen LogP contribution >= 0.6 is 15.9 Å². The lowest BCUT2D eigenvalue weighted by Crippen LogP contribution is -2.25. The SMILES string of the molecule is O=C(NCCc1ccc(OC(F)F)cc1)c1ccoc1Br. The number of benzene rings is 1. The predicted molar refractivity (Wildman–Crippen MR) is 75.5 cm³/mol. The number of halogens is 3. The normalized spacial score (nSPS) is 10.7. The minimum Gasteiger partial charge on any atom is -0.457 e. The number of hydrogen-bond acceptors (Lipinski definition) is 3. The van der Waals surface area contributed by atoms with Gasteiger partial charge in [-0.25, -0.2) is 0 Å². The number of alkyl halides is 2. The predicted octanol–water partition coefficient (Wildman–Crippen LogP) is 3.62. The van der Waals surface area contributed by atoms with E-state index in [2.05, 4.69) is 26.0 Å². The lowest BCUT2D eigenvalue weighted by molar-refractivity contribution is -0.0498. The number of carbonyl (C=O) groups is 1. The molecule has 0 atom stereocenters. The first-order chi connectivity index (χ1) is 10.1. The lowest BCUT2D eigenvalue weighted by Gasteiger charge is -2.07. The first-order valence-electron chi connectivity index (χ1n) is 6.11. The molecule has 2 rings (SSSR count). The van der Waals surface area contributed by atoms with E-state index < -0.39 is 6.61 Å². The van der Waals surface area contributed by atoms with E-state index in [9.17, 15) is 13.6 Å². The van der Waals surface area contributed by atoms with Gasteiger partial charge in [0.05, 0.1) is 11.8 Å². The molecular weight excluding hydrogens is 348 g/mol. The van der Waals surface area contributed by atoms with Crippen molar-refractivity contribution < 1.29 is 22.7 Å². The van der Waals surface area contributed by atoms with Crippen molar-refractivity contribution in [2.24, 2.45) is 0 Å². The molecule has 0 bridgehead atoms. The van der Waals surface area contributed by atoms with E-state index in [1.807, 2.05) is 0 Å². The van der Waals surface area contributed by atoms with Crippen LogP contribution in [-0.4, -0.2) is 19.1 Å². The fraction of sp³-hybridized carbons (Fsp3) is 0.214. The van der Waals surface area contributed by atoms with Crippen LogP contribution in [0, 0.1) is 0 Å². The highest BCUT2D eigenvalue weighted by molar-refractivity contribution is 9.10.